The molecule has 3 rings (SSSR count). The molecule has 1 aromatic carbocycles. The molecule has 0 amide bonds. The first-order chi connectivity index (χ1) is 9.08. The van der Waals surface area contributed by atoms with E-state index in [1.807, 2.05) is 44.3 Å². The SMILES string of the molecule is Cc1cc(C(=O)c2c[nH]c3cccc(C)c23)sc1C. The van der Waals surface area contributed by atoms with Gasteiger partial charge in [0.15, 0.2) is 0 Å². The summed E-state index contributed by atoms with van der Waals surface area (Å²) >= 11 is 1.57. The van der Waals surface area contributed by atoms with Gasteiger partial charge in [0.05, 0.1) is 4.88 Å². The van der Waals surface area contributed by atoms with E-state index < -0.39 is 0 Å². The molecule has 3 heteroatoms. The molecule has 0 unspecified atom stereocenters. The van der Waals surface area contributed by atoms with Gasteiger partial charge in [0.1, 0.15) is 0 Å². The van der Waals surface area contributed by atoms with Crippen molar-refractivity contribution >= 4 is 28.0 Å². The molecule has 0 spiro atoms. The third-order valence-electron chi connectivity index (χ3n) is 3.55. The molecule has 0 aliphatic heterocycles. The number of hydrogen-bond acceptors (Lipinski definition) is 2. The number of fused-ring (bicyclic) bond motifs is 1. The Morgan fingerprint density at radius 1 is 1.16 bits per heavy atom. The molecule has 0 atom stereocenters. The van der Waals surface area contributed by atoms with Crippen molar-refractivity contribution in [3.63, 3.8) is 0 Å². The largest absolute Gasteiger partial charge is 0.360 e. The smallest absolute Gasteiger partial charge is 0.205 e. The summed E-state index contributed by atoms with van der Waals surface area (Å²) in [5.41, 5.74) is 4.11. The summed E-state index contributed by atoms with van der Waals surface area (Å²) in [6.07, 6.45) is 1.82. The van der Waals surface area contributed by atoms with Gasteiger partial charge in [-0.1, -0.05) is 12.1 Å². The monoisotopic (exact) mass is 269 g/mol. The maximum absolute atomic E-state index is 12.6. The van der Waals surface area contributed by atoms with Crippen molar-refractivity contribution in [2.75, 3.05) is 0 Å². The van der Waals surface area contributed by atoms with Crippen LogP contribution in [-0.4, -0.2) is 10.8 Å². The minimum atomic E-state index is 0.113. The third-order valence-corrected chi connectivity index (χ3v) is 4.70. The van der Waals surface area contributed by atoms with Crippen molar-refractivity contribution < 1.29 is 4.79 Å². The van der Waals surface area contributed by atoms with Crippen LogP contribution < -0.4 is 0 Å². The van der Waals surface area contributed by atoms with Crippen molar-refractivity contribution in [2.45, 2.75) is 20.8 Å². The lowest BCUT2D eigenvalue weighted by Crippen LogP contribution is -1.97. The normalized spacial score (nSPS) is 11.1. The number of rotatable bonds is 2. The Morgan fingerprint density at radius 2 is 1.95 bits per heavy atom. The standard InChI is InChI=1S/C16H15NOS/c1-9-5-4-6-13-15(9)12(8-17-13)16(18)14-7-10(2)11(3)19-14/h4-8,17H,1-3H3. The molecule has 96 valence electrons. The first-order valence-electron chi connectivity index (χ1n) is 6.26. The van der Waals surface area contributed by atoms with Crippen LogP contribution in [0.15, 0.2) is 30.5 Å². The zero-order valence-corrected chi connectivity index (χ0v) is 12.0. The summed E-state index contributed by atoms with van der Waals surface area (Å²) < 4.78 is 0. The average molecular weight is 269 g/mol. The molecule has 0 bridgehead atoms. The number of ketones is 1. The Bertz CT molecular complexity index is 760. The maximum atomic E-state index is 12.6. The highest BCUT2D eigenvalue weighted by molar-refractivity contribution is 7.14. The highest BCUT2D eigenvalue weighted by Crippen LogP contribution is 2.28. The lowest BCUT2D eigenvalue weighted by molar-refractivity contribution is 0.104. The molecule has 0 aliphatic rings. The number of aromatic amines is 1. The van der Waals surface area contributed by atoms with Gasteiger partial charge in [-0.25, -0.2) is 0 Å². The molecule has 1 N–H and O–H groups in total. The summed E-state index contributed by atoms with van der Waals surface area (Å²) in [5, 5.41) is 1.04. The lowest BCUT2D eigenvalue weighted by Gasteiger charge is -1.99. The van der Waals surface area contributed by atoms with Gasteiger partial charge in [0.25, 0.3) is 0 Å². The molecule has 19 heavy (non-hydrogen) atoms. The lowest BCUT2D eigenvalue weighted by atomic mass is 10.0. The van der Waals surface area contributed by atoms with Crippen LogP contribution in [0.4, 0.5) is 0 Å². The molecule has 0 fully saturated rings. The molecule has 0 saturated carbocycles. The van der Waals surface area contributed by atoms with E-state index in [0.29, 0.717) is 0 Å². The van der Waals surface area contributed by atoms with Crippen molar-refractivity contribution in [1.29, 1.82) is 0 Å². The Labute approximate surface area is 116 Å². The number of carbonyl (C=O) groups is 1. The van der Waals surface area contributed by atoms with E-state index in [1.165, 1.54) is 10.4 Å². The van der Waals surface area contributed by atoms with Gasteiger partial charge in [0.2, 0.25) is 5.78 Å². The fourth-order valence-corrected chi connectivity index (χ4v) is 3.35. The summed E-state index contributed by atoms with van der Waals surface area (Å²) in [6, 6.07) is 8.03. The second-order valence-electron chi connectivity index (χ2n) is 4.88. The van der Waals surface area contributed by atoms with Crippen LogP contribution in [0.3, 0.4) is 0 Å². The second kappa shape index (κ2) is 4.35. The number of hydrogen-bond donors (Lipinski definition) is 1. The van der Waals surface area contributed by atoms with Gasteiger partial charge in [-0.3, -0.25) is 4.79 Å². The van der Waals surface area contributed by atoms with Gasteiger partial charge in [0, 0.05) is 27.5 Å². The number of nitrogens with one attached hydrogen (secondary N) is 1. The number of carbonyl (C=O) groups excluding carboxylic acids is 1. The zero-order valence-electron chi connectivity index (χ0n) is 11.2. The topological polar surface area (TPSA) is 32.9 Å². The van der Waals surface area contributed by atoms with Crippen LogP contribution in [0.2, 0.25) is 0 Å². The Kier molecular flexibility index (Phi) is 2.79. The van der Waals surface area contributed by atoms with Crippen molar-refractivity contribution in [1.82, 2.24) is 4.98 Å². The second-order valence-corrected chi connectivity index (χ2v) is 6.14. The summed E-state index contributed by atoms with van der Waals surface area (Å²) in [6.45, 7) is 6.14. The Hall–Kier alpha value is -1.87. The quantitative estimate of drug-likeness (QED) is 0.688. The molecule has 2 heterocycles. The third kappa shape index (κ3) is 1.90. The van der Waals surface area contributed by atoms with Crippen LogP contribution in [0, 0.1) is 20.8 Å². The summed E-state index contributed by atoms with van der Waals surface area (Å²) in [5.74, 6) is 0.113. The number of benzene rings is 1. The Morgan fingerprint density at radius 3 is 2.63 bits per heavy atom. The number of aryl methyl sites for hydroxylation is 3. The predicted octanol–water partition coefficient (Wildman–Crippen LogP) is 4.39. The van der Waals surface area contributed by atoms with E-state index in [-0.39, 0.29) is 5.78 Å². The first-order valence-corrected chi connectivity index (χ1v) is 7.08. The zero-order chi connectivity index (χ0) is 13.6. The molecular weight excluding hydrogens is 254 g/mol. The molecule has 2 aromatic heterocycles. The molecule has 3 aromatic rings. The van der Waals surface area contributed by atoms with E-state index in [2.05, 4.69) is 11.9 Å². The van der Waals surface area contributed by atoms with Gasteiger partial charge in [-0.15, -0.1) is 11.3 Å². The Balaban J connectivity index is 2.17. The van der Waals surface area contributed by atoms with Gasteiger partial charge < -0.3 is 4.98 Å². The fourth-order valence-electron chi connectivity index (χ4n) is 2.36. The van der Waals surface area contributed by atoms with Crippen LogP contribution in [0.1, 0.15) is 31.2 Å². The van der Waals surface area contributed by atoms with E-state index >= 15 is 0 Å². The van der Waals surface area contributed by atoms with Crippen molar-refractivity contribution in [3.8, 4) is 0 Å². The van der Waals surface area contributed by atoms with Crippen LogP contribution in [0.5, 0.6) is 0 Å². The van der Waals surface area contributed by atoms with Crippen LogP contribution in [-0.2, 0) is 0 Å². The highest BCUT2D eigenvalue weighted by Gasteiger charge is 2.17. The number of aromatic nitrogens is 1. The van der Waals surface area contributed by atoms with E-state index in [4.69, 9.17) is 0 Å². The van der Waals surface area contributed by atoms with Crippen molar-refractivity contribution in [3.05, 3.63) is 56.9 Å². The van der Waals surface area contributed by atoms with Crippen LogP contribution >= 0.6 is 11.3 Å². The minimum Gasteiger partial charge on any atom is -0.360 e. The van der Waals surface area contributed by atoms with E-state index in [0.717, 1.165) is 26.9 Å². The summed E-state index contributed by atoms with van der Waals surface area (Å²) in [7, 11) is 0. The highest BCUT2D eigenvalue weighted by atomic mass is 32.1. The van der Waals surface area contributed by atoms with Gasteiger partial charge in [-0.05, 0) is 44.0 Å². The first kappa shape index (κ1) is 12.2. The molecule has 2 nitrogen and oxygen atoms in total. The maximum Gasteiger partial charge on any atom is 0.205 e. The number of H-pyrrole nitrogens is 1. The minimum absolute atomic E-state index is 0.113. The molecule has 0 radical (unpaired) electrons. The van der Waals surface area contributed by atoms with Crippen molar-refractivity contribution in [2.24, 2.45) is 0 Å². The fraction of sp³-hybridized carbons (Fsp3) is 0.188. The molecule has 0 aliphatic carbocycles. The number of thiophene rings is 1. The predicted molar refractivity (Wildman–Crippen MR) is 80.3 cm³/mol. The molecular formula is C16H15NOS. The average Bonchev–Trinajstić information content (AvgIpc) is 2.94. The van der Waals surface area contributed by atoms with E-state index in [9.17, 15) is 4.79 Å². The summed E-state index contributed by atoms with van der Waals surface area (Å²) in [4.78, 5) is 17.8. The van der Waals surface area contributed by atoms with Gasteiger partial charge >= 0.3 is 0 Å². The van der Waals surface area contributed by atoms with Gasteiger partial charge in [-0.2, -0.15) is 0 Å². The molecule has 0 saturated heterocycles. The van der Waals surface area contributed by atoms with Crippen LogP contribution in [0.25, 0.3) is 10.9 Å². The van der Waals surface area contributed by atoms with E-state index in [1.54, 1.807) is 11.3 Å².